The van der Waals surface area contributed by atoms with E-state index in [0.717, 1.165) is 10.6 Å². The standard InChI is InChI=1S/C21H19FN6O5S/c1-28-17-14(10-26-27-19(17)33-11-21(4-5-21)34(24,31)32)7-15(20(28)30)18(29)25-9-12-2-3-13(8-23)16(22)6-12/h2-3,6-7,10H,4-5,9,11H2,1H3,(H,25,29)(H2,24,31,32). The lowest BCUT2D eigenvalue weighted by molar-refractivity contribution is 0.0949. The number of ether oxygens (including phenoxy) is 1. The third kappa shape index (κ3) is 4.20. The van der Waals surface area contributed by atoms with E-state index >= 15 is 0 Å². The van der Waals surface area contributed by atoms with Crippen LogP contribution in [0, 0.1) is 17.1 Å². The summed E-state index contributed by atoms with van der Waals surface area (Å²) in [5.74, 6) is -1.47. The number of hydrogen-bond acceptors (Lipinski definition) is 8. The number of fused-ring (bicyclic) bond motifs is 1. The van der Waals surface area contributed by atoms with Gasteiger partial charge >= 0.3 is 0 Å². The van der Waals surface area contributed by atoms with Crippen LogP contribution in [0.3, 0.4) is 0 Å². The quantitative estimate of drug-likeness (QED) is 0.485. The van der Waals surface area contributed by atoms with E-state index in [1.807, 2.05) is 0 Å². The molecule has 176 valence electrons. The average molecular weight is 486 g/mol. The van der Waals surface area contributed by atoms with Gasteiger partial charge < -0.3 is 14.6 Å². The van der Waals surface area contributed by atoms with Gasteiger partial charge in [0.1, 0.15) is 34.3 Å². The third-order valence-corrected chi connectivity index (χ3v) is 7.46. The minimum atomic E-state index is -3.82. The van der Waals surface area contributed by atoms with Crippen LogP contribution in [-0.4, -0.2) is 40.4 Å². The van der Waals surface area contributed by atoms with Crippen molar-refractivity contribution in [2.75, 3.05) is 6.61 Å². The number of amides is 1. The van der Waals surface area contributed by atoms with Crippen LogP contribution in [0.5, 0.6) is 5.88 Å². The Morgan fingerprint density at radius 1 is 1.38 bits per heavy atom. The lowest BCUT2D eigenvalue weighted by atomic mass is 10.1. The first-order valence-corrected chi connectivity index (χ1v) is 11.6. The molecule has 0 bridgehead atoms. The second kappa shape index (κ2) is 8.47. The zero-order chi connectivity index (χ0) is 24.7. The van der Waals surface area contributed by atoms with Crippen molar-refractivity contribution in [1.29, 1.82) is 5.26 Å². The molecule has 2 aromatic heterocycles. The molecule has 1 aliphatic carbocycles. The number of sulfonamides is 1. The van der Waals surface area contributed by atoms with Crippen LogP contribution in [-0.2, 0) is 23.6 Å². The topological polar surface area (TPSA) is 170 Å². The monoisotopic (exact) mass is 486 g/mol. The minimum Gasteiger partial charge on any atom is -0.473 e. The number of carbonyl (C=O) groups is 1. The number of benzene rings is 1. The van der Waals surface area contributed by atoms with E-state index in [-0.39, 0.29) is 35.7 Å². The van der Waals surface area contributed by atoms with Crippen molar-refractivity contribution in [3.8, 4) is 11.9 Å². The van der Waals surface area contributed by atoms with Crippen molar-refractivity contribution >= 4 is 26.8 Å². The molecule has 4 rings (SSSR count). The second-order valence-corrected chi connectivity index (χ2v) is 9.96. The lowest BCUT2D eigenvalue weighted by Crippen LogP contribution is -2.36. The summed E-state index contributed by atoms with van der Waals surface area (Å²) in [5, 5.41) is 24.7. The Labute approximate surface area is 193 Å². The maximum atomic E-state index is 13.8. The Hall–Kier alpha value is -3.89. The number of primary sulfonamides is 1. The van der Waals surface area contributed by atoms with E-state index in [1.54, 1.807) is 6.07 Å². The van der Waals surface area contributed by atoms with E-state index in [1.165, 1.54) is 31.4 Å². The fraction of sp³-hybridized carbons (Fsp3) is 0.286. The summed E-state index contributed by atoms with van der Waals surface area (Å²) in [6, 6.07) is 6.96. The maximum Gasteiger partial charge on any atom is 0.263 e. The van der Waals surface area contributed by atoms with Crippen LogP contribution in [0.4, 0.5) is 4.39 Å². The largest absolute Gasteiger partial charge is 0.473 e. The number of hydrogen-bond donors (Lipinski definition) is 2. The Kier molecular flexibility index (Phi) is 5.80. The molecule has 1 saturated carbocycles. The number of aromatic nitrogens is 3. The molecule has 34 heavy (non-hydrogen) atoms. The highest BCUT2D eigenvalue weighted by Gasteiger charge is 2.54. The molecule has 0 spiro atoms. The van der Waals surface area contributed by atoms with Gasteiger partial charge in [-0.2, -0.15) is 10.4 Å². The normalized spacial score (nSPS) is 14.4. The van der Waals surface area contributed by atoms with Gasteiger partial charge in [-0.15, -0.1) is 5.10 Å². The highest BCUT2D eigenvalue weighted by Crippen LogP contribution is 2.42. The molecule has 0 aliphatic heterocycles. The molecule has 0 unspecified atom stereocenters. The van der Waals surface area contributed by atoms with Crippen LogP contribution in [0.2, 0.25) is 0 Å². The minimum absolute atomic E-state index is 0.0629. The van der Waals surface area contributed by atoms with E-state index in [0.29, 0.717) is 23.8 Å². The molecule has 3 N–H and O–H groups in total. The van der Waals surface area contributed by atoms with Gasteiger partial charge in [0, 0.05) is 19.0 Å². The predicted octanol–water partition coefficient (Wildman–Crippen LogP) is 0.469. The summed E-state index contributed by atoms with van der Waals surface area (Å²) in [6.07, 6.45) is 2.05. The Balaban J connectivity index is 1.58. The molecule has 0 radical (unpaired) electrons. The third-order valence-electron chi connectivity index (χ3n) is 5.73. The van der Waals surface area contributed by atoms with Crippen LogP contribution in [0.25, 0.3) is 10.9 Å². The first-order chi connectivity index (χ1) is 16.1. The van der Waals surface area contributed by atoms with E-state index < -0.39 is 32.1 Å². The van der Waals surface area contributed by atoms with Gasteiger partial charge in [-0.1, -0.05) is 6.07 Å². The molecule has 1 aliphatic rings. The van der Waals surface area contributed by atoms with Gasteiger partial charge in [-0.3, -0.25) is 9.59 Å². The summed E-state index contributed by atoms with van der Waals surface area (Å²) < 4.78 is 42.9. The highest BCUT2D eigenvalue weighted by molar-refractivity contribution is 7.90. The highest BCUT2D eigenvalue weighted by atomic mass is 32.2. The lowest BCUT2D eigenvalue weighted by Gasteiger charge is -2.15. The molecule has 13 heteroatoms. The smallest absolute Gasteiger partial charge is 0.263 e. The molecule has 0 saturated heterocycles. The Morgan fingerprint density at radius 2 is 2.12 bits per heavy atom. The number of nitrogens with one attached hydrogen (secondary N) is 1. The molecule has 1 fully saturated rings. The molecule has 1 aromatic carbocycles. The molecule has 3 aromatic rings. The van der Waals surface area contributed by atoms with Crippen LogP contribution < -0.4 is 20.8 Å². The Bertz CT molecular complexity index is 1530. The van der Waals surface area contributed by atoms with Gasteiger partial charge in [0.15, 0.2) is 0 Å². The summed E-state index contributed by atoms with van der Waals surface area (Å²) >= 11 is 0. The number of halogens is 1. The SMILES string of the molecule is Cn1c(=O)c(C(=O)NCc2ccc(C#N)c(F)c2)cc2cnnc(OCC3(S(N)(=O)=O)CC3)c21. The molecular weight excluding hydrogens is 467 g/mol. The van der Waals surface area contributed by atoms with Crippen molar-refractivity contribution in [2.24, 2.45) is 12.2 Å². The Morgan fingerprint density at radius 3 is 2.74 bits per heavy atom. The molecule has 0 atom stereocenters. The average Bonchev–Trinajstić information content (AvgIpc) is 3.60. The van der Waals surface area contributed by atoms with Crippen LogP contribution in [0.15, 0.2) is 35.3 Å². The fourth-order valence-electron chi connectivity index (χ4n) is 3.46. The molecule has 1 amide bonds. The van der Waals surface area contributed by atoms with E-state index in [4.69, 9.17) is 15.1 Å². The first kappa shape index (κ1) is 23.3. The van der Waals surface area contributed by atoms with Crippen molar-refractivity contribution in [2.45, 2.75) is 24.1 Å². The number of nitriles is 1. The second-order valence-electron chi connectivity index (χ2n) is 8.00. The number of pyridine rings is 1. The predicted molar refractivity (Wildman–Crippen MR) is 118 cm³/mol. The van der Waals surface area contributed by atoms with Crippen molar-refractivity contribution in [3.63, 3.8) is 0 Å². The van der Waals surface area contributed by atoms with Crippen molar-refractivity contribution in [3.05, 3.63) is 63.3 Å². The molecule has 11 nitrogen and oxygen atoms in total. The fourth-order valence-corrected chi connectivity index (χ4v) is 4.36. The number of rotatable bonds is 7. The van der Waals surface area contributed by atoms with Gasteiger partial charge in [0.2, 0.25) is 10.0 Å². The number of nitrogens with zero attached hydrogens (tertiary/aromatic N) is 4. The van der Waals surface area contributed by atoms with Gasteiger partial charge in [0.25, 0.3) is 17.3 Å². The van der Waals surface area contributed by atoms with Crippen molar-refractivity contribution < 1.29 is 22.3 Å². The number of carbonyl (C=O) groups excluding carboxylic acids is 1. The van der Waals surface area contributed by atoms with Gasteiger partial charge in [-0.25, -0.2) is 17.9 Å². The summed E-state index contributed by atoms with van der Waals surface area (Å²) in [7, 11) is -2.41. The van der Waals surface area contributed by atoms with Crippen LogP contribution in [0.1, 0.15) is 34.3 Å². The van der Waals surface area contributed by atoms with Crippen LogP contribution >= 0.6 is 0 Å². The summed E-state index contributed by atoms with van der Waals surface area (Å²) in [5.41, 5.74) is -0.314. The molecular formula is C21H19FN6O5S. The van der Waals surface area contributed by atoms with Gasteiger partial charge in [0.05, 0.1) is 11.8 Å². The zero-order valence-electron chi connectivity index (χ0n) is 17.9. The molecule has 2 heterocycles. The van der Waals surface area contributed by atoms with Gasteiger partial charge in [-0.05, 0) is 36.6 Å². The number of nitrogens with two attached hydrogens (primary N) is 1. The number of aryl methyl sites for hydroxylation is 1. The van der Waals surface area contributed by atoms with E-state index in [9.17, 15) is 22.4 Å². The van der Waals surface area contributed by atoms with Crippen molar-refractivity contribution in [1.82, 2.24) is 20.1 Å². The maximum absolute atomic E-state index is 13.8. The zero-order valence-corrected chi connectivity index (χ0v) is 18.7. The van der Waals surface area contributed by atoms with E-state index in [2.05, 4.69) is 15.5 Å². The summed E-state index contributed by atoms with van der Waals surface area (Å²) in [6.45, 7) is -0.307. The first-order valence-electron chi connectivity index (χ1n) is 10.0. The summed E-state index contributed by atoms with van der Waals surface area (Å²) in [4.78, 5) is 25.6.